The van der Waals surface area contributed by atoms with E-state index in [0.717, 1.165) is 10.9 Å². The van der Waals surface area contributed by atoms with Crippen molar-refractivity contribution in [2.24, 2.45) is 0 Å². The van der Waals surface area contributed by atoms with Gasteiger partial charge in [-0.1, -0.05) is 11.6 Å². The minimum atomic E-state index is 0.576. The number of nitrogens with two attached hydrogens (primary N) is 1. The summed E-state index contributed by atoms with van der Waals surface area (Å²) in [6, 6.07) is 4.47. The number of anilines is 2. The Morgan fingerprint density at radius 3 is 2.56 bits per heavy atom. The van der Waals surface area contributed by atoms with Gasteiger partial charge in [-0.3, -0.25) is 0 Å². The Labute approximate surface area is 119 Å². The van der Waals surface area contributed by atoms with E-state index in [1.54, 1.807) is 0 Å². The molecule has 3 N–H and O–H groups in total. The van der Waals surface area contributed by atoms with Gasteiger partial charge in [-0.25, -0.2) is 0 Å². The first-order chi connectivity index (χ1) is 8.60. The van der Waals surface area contributed by atoms with Gasteiger partial charge in [0.1, 0.15) is 0 Å². The van der Waals surface area contributed by atoms with Crippen molar-refractivity contribution >= 4 is 34.7 Å². The van der Waals surface area contributed by atoms with Gasteiger partial charge in [0, 0.05) is 17.0 Å². The first-order valence-electron chi connectivity index (χ1n) is 6.45. The third-order valence-corrected chi connectivity index (χ3v) is 5.18. The fraction of sp³-hybridized carbons (Fsp3) is 0.571. The molecule has 0 aromatic heterocycles. The Bertz CT molecular complexity index is 415. The van der Waals surface area contributed by atoms with E-state index in [4.69, 9.17) is 17.3 Å². The number of hydrogen-bond acceptors (Lipinski definition) is 3. The van der Waals surface area contributed by atoms with Crippen molar-refractivity contribution in [2.75, 3.05) is 17.3 Å². The Hall–Kier alpha value is -0.540. The second kappa shape index (κ2) is 6.07. The second-order valence-corrected chi connectivity index (χ2v) is 6.59. The first-order valence-corrected chi connectivity index (χ1v) is 8.11. The highest BCUT2D eigenvalue weighted by molar-refractivity contribution is 7.99. The minimum absolute atomic E-state index is 0.576. The third kappa shape index (κ3) is 3.27. The maximum Gasteiger partial charge on any atom is 0.0656 e. The van der Waals surface area contributed by atoms with Gasteiger partial charge in [-0.15, -0.1) is 0 Å². The lowest BCUT2D eigenvalue weighted by Gasteiger charge is -2.29. The van der Waals surface area contributed by atoms with Crippen molar-refractivity contribution in [2.45, 2.75) is 43.9 Å². The van der Waals surface area contributed by atoms with Crippen LogP contribution in [0.3, 0.4) is 0 Å². The van der Waals surface area contributed by atoms with Crippen LogP contribution in [-0.2, 0) is 0 Å². The summed E-state index contributed by atoms with van der Waals surface area (Å²) in [4.78, 5) is 0. The fourth-order valence-corrected chi connectivity index (χ4v) is 3.43. The molecule has 1 aliphatic carbocycles. The van der Waals surface area contributed by atoms with E-state index in [9.17, 15) is 0 Å². The number of nitrogens with one attached hydrogen (secondary N) is 1. The highest BCUT2D eigenvalue weighted by Gasteiger charge is 2.20. The molecule has 1 aromatic rings. The number of hydrogen-bond donors (Lipinski definition) is 2. The van der Waals surface area contributed by atoms with Gasteiger partial charge in [0.25, 0.3) is 0 Å². The average molecular weight is 285 g/mol. The molecule has 1 aromatic carbocycles. The van der Waals surface area contributed by atoms with E-state index in [1.807, 2.05) is 23.9 Å². The van der Waals surface area contributed by atoms with Crippen LogP contribution in [0.2, 0.25) is 5.02 Å². The van der Waals surface area contributed by atoms with E-state index >= 15 is 0 Å². The zero-order valence-electron chi connectivity index (χ0n) is 11.0. The number of halogens is 1. The van der Waals surface area contributed by atoms with Gasteiger partial charge in [-0.2, -0.15) is 11.8 Å². The van der Waals surface area contributed by atoms with E-state index in [2.05, 4.69) is 18.5 Å². The van der Waals surface area contributed by atoms with Gasteiger partial charge in [0.2, 0.25) is 0 Å². The Morgan fingerprint density at radius 2 is 1.94 bits per heavy atom. The highest BCUT2D eigenvalue weighted by Crippen LogP contribution is 2.31. The molecule has 18 heavy (non-hydrogen) atoms. The summed E-state index contributed by atoms with van der Waals surface area (Å²) in [7, 11) is 0. The zero-order valence-corrected chi connectivity index (χ0v) is 12.6. The Kier molecular flexibility index (Phi) is 4.68. The summed E-state index contributed by atoms with van der Waals surface area (Å²) in [5, 5.41) is 5.10. The van der Waals surface area contributed by atoms with Gasteiger partial charge in [0.05, 0.1) is 10.7 Å². The monoisotopic (exact) mass is 284 g/mol. The molecule has 0 amide bonds. The average Bonchev–Trinajstić information content (AvgIpc) is 2.37. The molecule has 2 rings (SSSR count). The molecule has 0 saturated heterocycles. The maximum atomic E-state index is 6.08. The van der Waals surface area contributed by atoms with Crippen molar-refractivity contribution in [3.63, 3.8) is 0 Å². The normalized spacial score (nSPS) is 23.9. The Morgan fingerprint density at radius 1 is 1.28 bits per heavy atom. The number of benzene rings is 1. The summed E-state index contributed by atoms with van der Waals surface area (Å²) in [6.45, 7) is 2.07. The molecule has 0 aliphatic heterocycles. The van der Waals surface area contributed by atoms with Gasteiger partial charge < -0.3 is 11.1 Å². The quantitative estimate of drug-likeness (QED) is 0.812. The van der Waals surface area contributed by atoms with Crippen LogP contribution in [-0.4, -0.2) is 17.5 Å². The molecular formula is C14H21ClN2S. The van der Waals surface area contributed by atoms with E-state index in [0.29, 0.717) is 16.8 Å². The summed E-state index contributed by atoms with van der Waals surface area (Å²) in [5.41, 5.74) is 8.75. The summed E-state index contributed by atoms with van der Waals surface area (Å²) in [6.07, 6.45) is 7.31. The highest BCUT2D eigenvalue weighted by atomic mass is 35.5. The lowest BCUT2D eigenvalue weighted by molar-refractivity contribution is 0.473. The SMILES string of the molecule is CSC1CCC(Nc2cc(Cl)c(N)cc2C)CC1. The lowest BCUT2D eigenvalue weighted by Crippen LogP contribution is -2.27. The molecular weight excluding hydrogens is 264 g/mol. The van der Waals surface area contributed by atoms with Crippen molar-refractivity contribution in [3.8, 4) is 0 Å². The van der Waals surface area contributed by atoms with Crippen molar-refractivity contribution < 1.29 is 0 Å². The molecule has 1 fully saturated rings. The molecule has 0 unspecified atom stereocenters. The lowest BCUT2D eigenvalue weighted by atomic mass is 9.94. The van der Waals surface area contributed by atoms with Crippen LogP contribution in [0, 0.1) is 6.92 Å². The predicted octanol–water partition coefficient (Wildman–Crippen LogP) is 4.32. The molecule has 0 spiro atoms. The van der Waals surface area contributed by atoms with E-state index in [1.165, 1.54) is 31.2 Å². The number of nitrogen functional groups attached to an aromatic ring is 1. The first kappa shape index (κ1) is 13.9. The molecule has 0 radical (unpaired) electrons. The molecule has 0 bridgehead atoms. The van der Waals surface area contributed by atoms with Gasteiger partial charge in [0.15, 0.2) is 0 Å². The molecule has 4 heteroatoms. The van der Waals surface area contributed by atoms with Crippen LogP contribution >= 0.6 is 23.4 Å². The zero-order chi connectivity index (χ0) is 13.1. The standard InChI is InChI=1S/C14H21ClN2S/c1-9-7-13(16)12(15)8-14(9)17-10-3-5-11(18-2)6-4-10/h7-8,10-11,17H,3-6,16H2,1-2H3. The molecule has 0 heterocycles. The molecule has 1 saturated carbocycles. The van der Waals surface area contributed by atoms with Crippen LogP contribution in [0.5, 0.6) is 0 Å². The van der Waals surface area contributed by atoms with Crippen molar-refractivity contribution in [3.05, 3.63) is 22.7 Å². The smallest absolute Gasteiger partial charge is 0.0656 e. The topological polar surface area (TPSA) is 38.0 Å². The largest absolute Gasteiger partial charge is 0.398 e. The molecule has 1 aliphatic rings. The van der Waals surface area contributed by atoms with Crippen LogP contribution in [0.25, 0.3) is 0 Å². The third-order valence-electron chi connectivity index (χ3n) is 3.71. The molecule has 100 valence electrons. The summed E-state index contributed by atoms with van der Waals surface area (Å²) < 4.78 is 0. The Balaban J connectivity index is 2.00. The molecule has 0 atom stereocenters. The minimum Gasteiger partial charge on any atom is -0.398 e. The van der Waals surface area contributed by atoms with Crippen molar-refractivity contribution in [1.29, 1.82) is 0 Å². The second-order valence-electron chi connectivity index (χ2n) is 5.04. The summed E-state index contributed by atoms with van der Waals surface area (Å²) >= 11 is 8.08. The summed E-state index contributed by atoms with van der Waals surface area (Å²) in [5.74, 6) is 0. The van der Waals surface area contributed by atoms with E-state index in [-0.39, 0.29) is 0 Å². The number of rotatable bonds is 3. The van der Waals surface area contributed by atoms with Gasteiger partial charge in [-0.05, 0) is 56.6 Å². The number of aryl methyl sites for hydroxylation is 1. The van der Waals surface area contributed by atoms with Crippen LogP contribution < -0.4 is 11.1 Å². The van der Waals surface area contributed by atoms with Gasteiger partial charge >= 0.3 is 0 Å². The van der Waals surface area contributed by atoms with Crippen LogP contribution in [0.15, 0.2) is 12.1 Å². The fourth-order valence-electron chi connectivity index (χ4n) is 2.52. The van der Waals surface area contributed by atoms with Crippen molar-refractivity contribution in [1.82, 2.24) is 0 Å². The predicted molar refractivity (Wildman–Crippen MR) is 83.8 cm³/mol. The number of thioether (sulfide) groups is 1. The van der Waals surface area contributed by atoms with Crippen LogP contribution in [0.4, 0.5) is 11.4 Å². The molecule has 2 nitrogen and oxygen atoms in total. The van der Waals surface area contributed by atoms with E-state index < -0.39 is 0 Å². The maximum absolute atomic E-state index is 6.08. The van der Waals surface area contributed by atoms with Crippen LogP contribution in [0.1, 0.15) is 31.2 Å².